The van der Waals surface area contributed by atoms with E-state index in [1.807, 2.05) is 0 Å². The van der Waals surface area contributed by atoms with Gasteiger partial charge in [0.1, 0.15) is 0 Å². The quantitative estimate of drug-likeness (QED) is 0.212. The van der Waals surface area contributed by atoms with Crippen LogP contribution in [0.1, 0.15) is 79.1 Å². The normalized spacial score (nSPS) is 11.8. The summed E-state index contributed by atoms with van der Waals surface area (Å²) in [6, 6.07) is 0. The van der Waals surface area contributed by atoms with Crippen molar-refractivity contribution in [3.8, 4) is 0 Å². The van der Waals surface area contributed by atoms with Crippen LogP contribution in [0.25, 0.3) is 0 Å². The fraction of sp³-hybridized carbons (Fsp3) is 1.00. The summed E-state index contributed by atoms with van der Waals surface area (Å²) in [6.07, 6.45) is 11.5. The zero-order chi connectivity index (χ0) is 15.3. The van der Waals surface area contributed by atoms with Crippen LogP contribution in [0.5, 0.6) is 0 Å². The van der Waals surface area contributed by atoms with Gasteiger partial charge in [0.25, 0.3) is 0 Å². The van der Waals surface area contributed by atoms with Gasteiger partial charge in [0.05, 0.1) is 0 Å². The molecule has 0 rings (SSSR count). The molecule has 0 bridgehead atoms. The fourth-order valence-corrected chi connectivity index (χ4v) is 2.03. The van der Waals surface area contributed by atoms with E-state index in [2.05, 4.69) is 27.7 Å². The summed E-state index contributed by atoms with van der Waals surface area (Å²) in [5, 5.41) is 0. The van der Waals surface area contributed by atoms with Gasteiger partial charge in [-0.05, 0) is 11.8 Å². The molecule has 0 N–H and O–H groups in total. The molecule has 0 aliphatic carbocycles. The van der Waals surface area contributed by atoms with Gasteiger partial charge in [0.2, 0.25) is 0 Å². The maximum Gasteiger partial charge on any atom is 1.00 e. The molecule has 1 unspecified atom stereocenters. The van der Waals surface area contributed by atoms with Crippen LogP contribution in [0.3, 0.4) is 0 Å². The molecule has 0 aliphatic heterocycles. The molecule has 0 saturated heterocycles. The molecule has 21 heavy (non-hydrogen) atoms. The fourth-order valence-electron chi connectivity index (χ4n) is 2.03. The topological polar surface area (TPSA) is 80.3 Å². The van der Waals surface area contributed by atoms with Gasteiger partial charge < -0.3 is 9.11 Å². The van der Waals surface area contributed by atoms with Crippen molar-refractivity contribution in [3.63, 3.8) is 0 Å². The van der Waals surface area contributed by atoms with Gasteiger partial charge in [-0.1, -0.05) is 79.1 Å². The summed E-state index contributed by atoms with van der Waals surface area (Å²) >= 11 is 0. The van der Waals surface area contributed by atoms with Gasteiger partial charge in [-0.3, -0.25) is 8.42 Å². The second-order valence-electron chi connectivity index (χ2n) is 5.50. The average molecular weight is 340 g/mol. The van der Waals surface area contributed by atoms with Crippen LogP contribution in [-0.4, -0.2) is 17.5 Å². The van der Waals surface area contributed by atoms with E-state index in [0.717, 1.165) is 11.8 Å². The van der Waals surface area contributed by atoms with Crippen molar-refractivity contribution in [1.82, 2.24) is 0 Å². The van der Waals surface area contributed by atoms with Crippen molar-refractivity contribution < 1.29 is 76.6 Å². The molecule has 7 heteroatoms. The Morgan fingerprint density at radius 2 is 1.24 bits per heavy atom. The number of hydrogen-bond donors (Lipinski definition) is 0. The first-order chi connectivity index (χ1) is 8.70. The number of unbranched alkanes of at least 4 members (excludes halogenated alkanes) is 2. The second-order valence-corrected chi connectivity index (χ2v) is 6.32. The van der Waals surface area contributed by atoms with Gasteiger partial charge >= 0.3 is 59.1 Å². The molecule has 0 radical (unpaired) electrons. The molecule has 0 heterocycles. The molecule has 0 spiro atoms. The molecular formula is C14H30Na2O4S. The van der Waals surface area contributed by atoms with Gasteiger partial charge in [0.15, 0.2) is 0 Å². The Bertz CT molecular complexity index is 275. The SMILES string of the molecule is CCCCC(CC)CCCCC(C)C.O=S(=O)([O-])[O-].[Na+].[Na+]. The van der Waals surface area contributed by atoms with Gasteiger partial charge in [0, 0.05) is 10.4 Å². The van der Waals surface area contributed by atoms with Crippen molar-refractivity contribution >= 4 is 10.4 Å². The second kappa shape index (κ2) is 19.9. The molecule has 4 nitrogen and oxygen atoms in total. The van der Waals surface area contributed by atoms with Crippen molar-refractivity contribution in [2.75, 3.05) is 0 Å². The molecule has 0 aromatic heterocycles. The Balaban J connectivity index is -0.000000179. The van der Waals surface area contributed by atoms with Crippen LogP contribution in [-0.2, 0) is 10.4 Å². The Morgan fingerprint density at radius 1 is 0.857 bits per heavy atom. The van der Waals surface area contributed by atoms with Gasteiger partial charge in [-0.2, -0.15) is 0 Å². The molecule has 118 valence electrons. The van der Waals surface area contributed by atoms with E-state index < -0.39 is 10.4 Å². The molecule has 1 atom stereocenters. The molecule has 0 aromatic carbocycles. The maximum atomic E-state index is 8.52. The first-order valence-electron chi connectivity index (χ1n) is 7.37. The first-order valence-corrected chi connectivity index (χ1v) is 8.70. The summed E-state index contributed by atoms with van der Waals surface area (Å²) in [7, 11) is -5.17. The van der Waals surface area contributed by atoms with Gasteiger partial charge in [-0.25, -0.2) is 0 Å². The largest absolute Gasteiger partial charge is 1.00 e. The third-order valence-electron chi connectivity index (χ3n) is 3.19. The van der Waals surface area contributed by atoms with E-state index in [4.69, 9.17) is 17.5 Å². The van der Waals surface area contributed by atoms with E-state index >= 15 is 0 Å². The van der Waals surface area contributed by atoms with E-state index in [-0.39, 0.29) is 59.1 Å². The minimum Gasteiger partial charge on any atom is -0.759 e. The molecular weight excluding hydrogens is 310 g/mol. The first kappa shape index (κ1) is 30.7. The predicted molar refractivity (Wildman–Crippen MR) is 77.1 cm³/mol. The Morgan fingerprint density at radius 3 is 1.57 bits per heavy atom. The van der Waals surface area contributed by atoms with E-state index in [0.29, 0.717) is 0 Å². The minimum atomic E-state index is -5.17. The van der Waals surface area contributed by atoms with Crippen molar-refractivity contribution in [1.29, 1.82) is 0 Å². The van der Waals surface area contributed by atoms with Crippen molar-refractivity contribution in [2.24, 2.45) is 11.8 Å². The monoisotopic (exact) mass is 340 g/mol. The Kier molecular flexibility index (Phi) is 29.1. The van der Waals surface area contributed by atoms with E-state index in [9.17, 15) is 0 Å². The van der Waals surface area contributed by atoms with Gasteiger partial charge in [-0.15, -0.1) is 0 Å². The van der Waals surface area contributed by atoms with E-state index in [1.54, 1.807) is 0 Å². The number of rotatable bonds is 9. The molecule has 0 saturated carbocycles. The molecule has 0 amide bonds. The minimum absolute atomic E-state index is 0. The summed E-state index contributed by atoms with van der Waals surface area (Å²) in [6.45, 7) is 9.30. The summed E-state index contributed by atoms with van der Waals surface area (Å²) < 4.78 is 34.1. The van der Waals surface area contributed by atoms with Crippen LogP contribution in [0, 0.1) is 11.8 Å². The van der Waals surface area contributed by atoms with Crippen LogP contribution in [0.15, 0.2) is 0 Å². The summed E-state index contributed by atoms with van der Waals surface area (Å²) in [5.41, 5.74) is 0. The molecule has 0 fully saturated rings. The third kappa shape index (κ3) is 39.1. The molecule has 0 aromatic rings. The third-order valence-corrected chi connectivity index (χ3v) is 3.19. The van der Waals surface area contributed by atoms with Crippen LogP contribution >= 0.6 is 0 Å². The van der Waals surface area contributed by atoms with Crippen LogP contribution in [0.2, 0.25) is 0 Å². The zero-order valence-corrected chi connectivity index (χ0v) is 19.7. The van der Waals surface area contributed by atoms with Crippen LogP contribution < -0.4 is 59.1 Å². The standard InChI is InChI=1S/C14H30.2Na.H2O4S/c1-5-7-11-14(6-2)12-9-8-10-13(3)4;;;1-5(2,3)4/h13-14H,5-12H2,1-4H3;;;(H2,1,2,3,4)/q;2*+1;/p-2. The van der Waals surface area contributed by atoms with E-state index in [1.165, 1.54) is 51.4 Å². The summed E-state index contributed by atoms with van der Waals surface area (Å²) in [5.74, 6) is 1.91. The van der Waals surface area contributed by atoms with Crippen molar-refractivity contribution in [2.45, 2.75) is 79.1 Å². The van der Waals surface area contributed by atoms with Crippen LogP contribution in [0.4, 0.5) is 0 Å². The Labute approximate surface area is 176 Å². The predicted octanol–water partition coefficient (Wildman–Crippen LogP) is -1.91. The average Bonchev–Trinajstić information content (AvgIpc) is 2.25. The Hall–Kier alpha value is 1.87. The maximum absolute atomic E-state index is 8.52. The van der Waals surface area contributed by atoms with Crippen molar-refractivity contribution in [3.05, 3.63) is 0 Å². The zero-order valence-electron chi connectivity index (χ0n) is 14.9. The molecule has 0 aliphatic rings. The number of hydrogen-bond acceptors (Lipinski definition) is 4. The summed E-state index contributed by atoms with van der Waals surface area (Å²) in [4.78, 5) is 0. The smallest absolute Gasteiger partial charge is 0.759 e.